The van der Waals surface area contributed by atoms with Gasteiger partial charge in [0.2, 0.25) is 5.91 Å². The van der Waals surface area contributed by atoms with Crippen LogP contribution in [0.15, 0.2) is 24.3 Å². The standard InChI is InChI=1S/C22H29N3O6/c1-14(20(27)24-22(29)23-16-7-4-3-5-8-16)31-21(28)15-11-19(26)25(13-15)17-9-6-10-18(12-17)30-2/h6,9-10,12,14-16H,3-5,7-8,11,13H2,1-2H3,(H2,23,24,27,29). The summed E-state index contributed by atoms with van der Waals surface area (Å²) in [4.78, 5) is 50.6. The summed E-state index contributed by atoms with van der Waals surface area (Å²) in [5.74, 6) is -1.64. The second-order valence-corrected chi connectivity index (χ2v) is 7.98. The van der Waals surface area contributed by atoms with Gasteiger partial charge in [0.1, 0.15) is 5.75 Å². The summed E-state index contributed by atoms with van der Waals surface area (Å²) in [6.07, 6.45) is 3.90. The van der Waals surface area contributed by atoms with E-state index in [0.717, 1.165) is 32.1 Å². The fraction of sp³-hybridized carbons (Fsp3) is 0.545. The highest BCUT2D eigenvalue weighted by molar-refractivity contribution is 6.00. The predicted molar refractivity (Wildman–Crippen MR) is 113 cm³/mol. The van der Waals surface area contributed by atoms with Gasteiger partial charge in [0.15, 0.2) is 6.10 Å². The first-order chi connectivity index (χ1) is 14.9. The fourth-order valence-electron chi connectivity index (χ4n) is 3.90. The number of esters is 1. The Hall–Kier alpha value is -3.10. The number of ether oxygens (including phenoxy) is 2. The molecule has 0 aromatic heterocycles. The predicted octanol–water partition coefficient (Wildman–Crippen LogP) is 2.14. The summed E-state index contributed by atoms with van der Waals surface area (Å²) >= 11 is 0. The minimum Gasteiger partial charge on any atom is -0.497 e. The van der Waals surface area contributed by atoms with Crippen LogP contribution >= 0.6 is 0 Å². The van der Waals surface area contributed by atoms with Gasteiger partial charge < -0.3 is 19.7 Å². The highest BCUT2D eigenvalue weighted by atomic mass is 16.5. The number of hydrogen-bond donors (Lipinski definition) is 2. The SMILES string of the molecule is COc1cccc(N2CC(C(=O)OC(C)C(=O)NC(=O)NC3CCCCC3)CC2=O)c1. The molecule has 0 spiro atoms. The Balaban J connectivity index is 1.49. The van der Waals surface area contributed by atoms with Crippen LogP contribution < -0.4 is 20.3 Å². The number of methoxy groups -OCH3 is 1. The van der Waals surface area contributed by atoms with E-state index >= 15 is 0 Å². The van der Waals surface area contributed by atoms with E-state index in [-0.39, 0.29) is 24.9 Å². The second kappa shape index (κ2) is 10.3. The van der Waals surface area contributed by atoms with E-state index < -0.39 is 29.9 Å². The van der Waals surface area contributed by atoms with Gasteiger partial charge in [-0.25, -0.2) is 4.79 Å². The molecule has 1 saturated carbocycles. The fourth-order valence-corrected chi connectivity index (χ4v) is 3.90. The molecule has 1 aliphatic heterocycles. The minimum absolute atomic E-state index is 0.00739. The molecule has 2 aliphatic rings. The summed E-state index contributed by atoms with van der Waals surface area (Å²) in [6, 6.07) is 6.48. The number of nitrogens with zero attached hydrogens (tertiary/aromatic N) is 1. The van der Waals surface area contributed by atoms with E-state index in [0.29, 0.717) is 11.4 Å². The average molecular weight is 431 g/mol. The molecule has 1 aromatic carbocycles. The van der Waals surface area contributed by atoms with Gasteiger partial charge in [-0.05, 0) is 31.9 Å². The first-order valence-corrected chi connectivity index (χ1v) is 10.6. The molecule has 0 bridgehead atoms. The molecule has 9 heteroatoms. The van der Waals surface area contributed by atoms with Crippen molar-refractivity contribution in [3.05, 3.63) is 24.3 Å². The molecule has 1 aromatic rings. The minimum atomic E-state index is -1.15. The van der Waals surface area contributed by atoms with E-state index in [2.05, 4.69) is 10.6 Å². The van der Waals surface area contributed by atoms with E-state index in [1.807, 2.05) is 0 Å². The zero-order valence-corrected chi connectivity index (χ0v) is 17.9. The van der Waals surface area contributed by atoms with Crippen LogP contribution in [-0.2, 0) is 19.1 Å². The summed E-state index contributed by atoms with van der Waals surface area (Å²) < 4.78 is 10.4. The Kier molecular flexibility index (Phi) is 7.49. The number of benzene rings is 1. The second-order valence-electron chi connectivity index (χ2n) is 7.98. The zero-order chi connectivity index (χ0) is 22.4. The van der Waals surface area contributed by atoms with Crippen molar-refractivity contribution in [2.45, 2.75) is 57.6 Å². The molecule has 2 fully saturated rings. The summed E-state index contributed by atoms with van der Waals surface area (Å²) in [5.41, 5.74) is 0.629. The van der Waals surface area contributed by atoms with Gasteiger partial charge in [-0.15, -0.1) is 0 Å². The molecule has 2 unspecified atom stereocenters. The Morgan fingerprint density at radius 2 is 1.90 bits per heavy atom. The molecule has 1 aliphatic carbocycles. The largest absolute Gasteiger partial charge is 0.497 e. The van der Waals surface area contributed by atoms with Crippen molar-refractivity contribution in [1.29, 1.82) is 0 Å². The molecule has 3 rings (SSSR count). The number of carbonyl (C=O) groups excluding carboxylic acids is 4. The summed E-state index contributed by atoms with van der Waals surface area (Å²) in [7, 11) is 1.53. The normalized spacial score (nSPS) is 20.1. The van der Waals surface area contributed by atoms with Crippen molar-refractivity contribution in [1.82, 2.24) is 10.6 Å². The van der Waals surface area contributed by atoms with E-state index in [4.69, 9.17) is 9.47 Å². The smallest absolute Gasteiger partial charge is 0.321 e. The summed E-state index contributed by atoms with van der Waals surface area (Å²) in [5, 5.41) is 5.00. The van der Waals surface area contributed by atoms with Gasteiger partial charge in [-0.3, -0.25) is 19.7 Å². The number of anilines is 1. The molecule has 2 N–H and O–H groups in total. The molecule has 2 atom stereocenters. The maximum atomic E-state index is 12.5. The van der Waals surface area contributed by atoms with E-state index in [1.165, 1.54) is 18.9 Å². The third-order valence-electron chi connectivity index (χ3n) is 5.66. The van der Waals surface area contributed by atoms with Gasteiger partial charge in [0.05, 0.1) is 13.0 Å². The average Bonchev–Trinajstić information content (AvgIpc) is 3.16. The van der Waals surface area contributed by atoms with Crippen molar-refractivity contribution in [3.8, 4) is 5.75 Å². The van der Waals surface area contributed by atoms with Gasteiger partial charge in [-0.2, -0.15) is 0 Å². The van der Waals surface area contributed by atoms with E-state index in [9.17, 15) is 19.2 Å². The number of hydrogen-bond acceptors (Lipinski definition) is 6. The number of imide groups is 1. The third kappa shape index (κ3) is 5.96. The maximum absolute atomic E-state index is 12.5. The zero-order valence-electron chi connectivity index (χ0n) is 17.9. The van der Waals surface area contributed by atoms with Crippen LogP contribution in [0.3, 0.4) is 0 Å². The first kappa shape index (κ1) is 22.6. The van der Waals surface area contributed by atoms with Gasteiger partial charge in [-0.1, -0.05) is 25.3 Å². The van der Waals surface area contributed by atoms with Crippen molar-refractivity contribution >= 4 is 29.5 Å². The van der Waals surface area contributed by atoms with Crippen LogP contribution in [-0.4, -0.2) is 49.6 Å². The van der Waals surface area contributed by atoms with Crippen molar-refractivity contribution in [2.75, 3.05) is 18.6 Å². The number of carbonyl (C=O) groups is 4. The van der Waals surface area contributed by atoms with Gasteiger partial charge in [0.25, 0.3) is 5.91 Å². The molecule has 1 saturated heterocycles. The molecule has 0 radical (unpaired) electrons. The van der Waals surface area contributed by atoms with Crippen molar-refractivity contribution in [2.24, 2.45) is 5.92 Å². The topological polar surface area (TPSA) is 114 Å². The van der Waals surface area contributed by atoms with Crippen LogP contribution in [0.25, 0.3) is 0 Å². The molecule has 1 heterocycles. The number of amides is 4. The number of rotatable bonds is 6. The van der Waals surface area contributed by atoms with Crippen LogP contribution in [0.5, 0.6) is 5.75 Å². The van der Waals surface area contributed by atoms with Crippen LogP contribution in [0.2, 0.25) is 0 Å². The maximum Gasteiger partial charge on any atom is 0.321 e. The first-order valence-electron chi connectivity index (χ1n) is 10.6. The number of urea groups is 1. The molecule has 168 valence electrons. The highest BCUT2D eigenvalue weighted by Gasteiger charge is 2.37. The van der Waals surface area contributed by atoms with Gasteiger partial charge >= 0.3 is 12.0 Å². The van der Waals surface area contributed by atoms with Crippen molar-refractivity contribution in [3.63, 3.8) is 0 Å². The highest BCUT2D eigenvalue weighted by Crippen LogP contribution is 2.28. The Morgan fingerprint density at radius 1 is 1.16 bits per heavy atom. The lowest BCUT2D eigenvalue weighted by Crippen LogP contribution is -2.48. The molecular weight excluding hydrogens is 402 g/mol. The molecule has 4 amide bonds. The quantitative estimate of drug-likeness (QED) is 0.667. The van der Waals surface area contributed by atoms with Crippen molar-refractivity contribution < 1.29 is 28.7 Å². The summed E-state index contributed by atoms with van der Waals surface area (Å²) in [6.45, 7) is 1.55. The van der Waals surface area contributed by atoms with Crippen LogP contribution in [0, 0.1) is 5.92 Å². The monoisotopic (exact) mass is 431 g/mol. The Labute approximate surface area is 181 Å². The van der Waals surface area contributed by atoms with E-state index in [1.54, 1.807) is 24.3 Å². The molecule has 31 heavy (non-hydrogen) atoms. The lowest BCUT2D eigenvalue weighted by molar-refractivity contribution is -0.158. The van der Waals surface area contributed by atoms with Crippen LogP contribution in [0.1, 0.15) is 45.4 Å². The number of nitrogens with one attached hydrogen (secondary N) is 2. The third-order valence-corrected chi connectivity index (χ3v) is 5.66. The molecule has 9 nitrogen and oxygen atoms in total. The lowest BCUT2D eigenvalue weighted by atomic mass is 9.96. The molecular formula is C22H29N3O6. The Morgan fingerprint density at radius 3 is 2.61 bits per heavy atom. The lowest BCUT2D eigenvalue weighted by Gasteiger charge is -2.23. The Bertz CT molecular complexity index is 836. The van der Waals surface area contributed by atoms with Gasteiger partial charge in [0, 0.05) is 30.8 Å². The van der Waals surface area contributed by atoms with Crippen LogP contribution in [0.4, 0.5) is 10.5 Å².